The van der Waals surface area contributed by atoms with Crippen molar-refractivity contribution in [1.29, 1.82) is 0 Å². The summed E-state index contributed by atoms with van der Waals surface area (Å²) in [5.74, 6) is 0. The lowest BCUT2D eigenvalue weighted by Gasteiger charge is -1.85. The van der Waals surface area contributed by atoms with Gasteiger partial charge in [0.25, 0.3) is 0 Å². The Hall–Kier alpha value is -0.300. The summed E-state index contributed by atoms with van der Waals surface area (Å²) in [4.78, 5) is 0. The first kappa shape index (κ1) is 4.85. The molecule has 0 fully saturated rings. The minimum Gasteiger partial charge on any atom is -0.320 e. The van der Waals surface area contributed by atoms with Crippen molar-refractivity contribution in [3.8, 4) is 0 Å². The summed E-state index contributed by atoms with van der Waals surface area (Å²) >= 11 is 0. The number of nitrogens with two attached hydrogens (primary N) is 1. The lowest BCUT2D eigenvalue weighted by Crippen LogP contribution is -2.77. The summed E-state index contributed by atoms with van der Waals surface area (Å²) in [6.45, 7) is 1.29. The molecular formula is C6H12N+. The molecule has 0 aliphatic carbocycles. The van der Waals surface area contributed by atoms with E-state index in [2.05, 4.69) is 17.6 Å². The molecule has 0 unspecified atom stereocenters. The van der Waals surface area contributed by atoms with Crippen LogP contribution in [0.1, 0.15) is 19.3 Å². The summed E-state index contributed by atoms with van der Waals surface area (Å²) in [7, 11) is 0. The molecule has 1 heteroatoms. The van der Waals surface area contributed by atoms with Crippen LogP contribution in [0, 0.1) is 0 Å². The number of hydrogen-bond donors (Lipinski definition) is 1. The molecule has 1 aliphatic rings. The van der Waals surface area contributed by atoms with Gasteiger partial charge >= 0.3 is 0 Å². The van der Waals surface area contributed by atoms with Crippen molar-refractivity contribution in [3.63, 3.8) is 0 Å². The van der Waals surface area contributed by atoms with Gasteiger partial charge in [-0.15, -0.1) is 0 Å². The van der Waals surface area contributed by atoms with Gasteiger partial charge in [-0.25, -0.2) is 0 Å². The van der Waals surface area contributed by atoms with E-state index in [-0.39, 0.29) is 0 Å². The van der Waals surface area contributed by atoms with Crippen molar-refractivity contribution in [3.05, 3.63) is 12.3 Å². The van der Waals surface area contributed by atoms with Crippen LogP contribution in [0.4, 0.5) is 0 Å². The van der Waals surface area contributed by atoms with E-state index in [9.17, 15) is 0 Å². The molecule has 0 aromatic rings. The molecule has 0 bridgehead atoms. The predicted octanol–water partition coefficient (Wildman–Crippen LogP) is 0.247. The van der Waals surface area contributed by atoms with Gasteiger partial charge in [0.2, 0.25) is 0 Å². The largest absolute Gasteiger partial charge is 0.320 e. The van der Waals surface area contributed by atoms with Crippen LogP contribution in [0.25, 0.3) is 0 Å². The van der Waals surface area contributed by atoms with E-state index in [1.54, 1.807) is 0 Å². The molecule has 0 saturated carbocycles. The lowest BCUT2D eigenvalue weighted by atomic mass is 10.2. The third kappa shape index (κ3) is 1.74. The maximum atomic E-state index is 2.24. The van der Waals surface area contributed by atoms with Crippen LogP contribution in [0.2, 0.25) is 0 Å². The second kappa shape index (κ2) is 2.80. The molecule has 2 N–H and O–H groups in total. The summed E-state index contributed by atoms with van der Waals surface area (Å²) in [5.41, 5.74) is 0. The zero-order chi connectivity index (χ0) is 4.95. The van der Waals surface area contributed by atoms with Crippen molar-refractivity contribution in [2.24, 2.45) is 0 Å². The third-order valence-corrected chi connectivity index (χ3v) is 1.26. The summed E-state index contributed by atoms with van der Waals surface area (Å²) in [6, 6.07) is 0. The summed E-state index contributed by atoms with van der Waals surface area (Å²) in [6.07, 6.45) is 8.47. The molecule has 40 valence electrons. The second-order valence-corrected chi connectivity index (χ2v) is 1.95. The SMILES string of the molecule is C1=C[NH2+]CCCC1. The molecule has 0 radical (unpaired) electrons. The standard InChI is InChI=1S/C6H11N/c1-2-4-6-7-5-3-1/h3,5,7H,1-2,4,6H2/p+1. The first-order valence-corrected chi connectivity index (χ1v) is 2.98. The Morgan fingerprint density at radius 1 is 1.29 bits per heavy atom. The Labute approximate surface area is 44.4 Å². The van der Waals surface area contributed by atoms with Gasteiger partial charge in [-0.2, -0.15) is 0 Å². The van der Waals surface area contributed by atoms with Crippen LogP contribution < -0.4 is 5.32 Å². The van der Waals surface area contributed by atoms with Gasteiger partial charge in [0.05, 0.1) is 12.7 Å². The highest BCUT2D eigenvalue weighted by Gasteiger charge is 1.90. The highest BCUT2D eigenvalue weighted by molar-refractivity contribution is 4.72. The smallest absolute Gasteiger partial charge is 0.0885 e. The average molecular weight is 98.2 g/mol. The van der Waals surface area contributed by atoms with E-state index in [4.69, 9.17) is 0 Å². The highest BCUT2D eigenvalue weighted by Crippen LogP contribution is 1.94. The Kier molecular flexibility index (Phi) is 1.94. The molecule has 1 aliphatic heterocycles. The van der Waals surface area contributed by atoms with E-state index in [0.717, 1.165) is 0 Å². The fourth-order valence-corrected chi connectivity index (χ4v) is 0.813. The minimum absolute atomic E-state index is 1.29. The van der Waals surface area contributed by atoms with E-state index in [1.165, 1.54) is 25.8 Å². The molecule has 0 spiro atoms. The van der Waals surface area contributed by atoms with Gasteiger partial charge in [-0.3, -0.25) is 0 Å². The maximum absolute atomic E-state index is 2.24. The maximum Gasteiger partial charge on any atom is 0.0885 e. The molecule has 1 rings (SSSR count). The molecule has 1 nitrogen and oxygen atoms in total. The quantitative estimate of drug-likeness (QED) is 0.447. The number of rotatable bonds is 0. The number of allylic oxidation sites excluding steroid dienone is 1. The van der Waals surface area contributed by atoms with E-state index in [1.807, 2.05) is 0 Å². The normalized spacial score (nSPS) is 21.7. The topological polar surface area (TPSA) is 16.6 Å². The van der Waals surface area contributed by atoms with Gasteiger partial charge < -0.3 is 5.32 Å². The van der Waals surface area contributed by atoms with Crippen molar-refractivity contribution in [1.82, 2.24) is 0 Å². The Bertz CT molecular complexity index is 58.6. The number of hydrogen-bond acceptors (Lipinski definition) is 0. The van der Waals surface area contributed by atoms with Gasteiger partial charge in [0, 0.05) is 0 Å². The van der Waals surface area contributed by atoms with E-state index >= 15 is 0 Å². The second-order valence-electron chi connectivity index (χ2n) is 1.95. The van der Waals surface area contributed by atoms with E-state index < -0.39 is 0 Å². The first-order chi connectivity index (χ1) is 3.50. The van der Waals surface area contributed by atoms with Gasteiger partial charge in [0.1, 0.15) is 0 Å². The van der Waals surface area contributed by atoms with Crippen LogP contribution in [0.5, 0.6) is 0 Å². The molecule has 0 aromatic carbocycles. The monoisotopic (exact) mass is 98.1 g/mol. The number of quaternary nitrogens is 1. The lowest BCUT2D eigenvalue weighted by molar-refractivity contribution is -0.587. The Balaban J connectivity index is 2.20. The fourth-order valence-electron chi connectivity index (χ4n) is 0.813. The predicted molar refractivity (Wildman–Crippen MR) is 29.8 cm³/mol. The summed E-state index contributed by atoms with van der Waals surface area (Å²) < 4.78 is 0. The Morgan fingerprint density at radius 3 is 3.29 bits per heavy atom. The van der Waals surface area contributed by atoms with Crippen LogP contribution in [0.3, 0.4) is 0 Å². The zero-order valence-corrected chi connectivity index (χ0v) is 4.56. The highest BCUT2D eigenvalue weighted by atomic mass is 14.8. The van der Waals surface area contributed by atoms with Crippen LogP contribution in [0.15, 0.2) is 12.3 Å². The third-order valence-electron chi connectivity index (χ3n) is 1.26. The molecule has 0 atom stereocenters. The fraction of sp³-hybridized carbons (Fsp3) is 0.667. The summed E-state index contributed by atoms with van der Waals surface area (Å²) in [5, 5.41) is 2.24. The average Bonchev–Trinajstić information content (AvgIpc) is 1.90. The molecule has 0 aromatic heterocycles. The first-order valence-electron chi connectivity index (χ1n) is 2.98. The molecule has 0 saturated heterocycles. The molecule has 7 heavy (non-hydrogen) atoms. The minimum atomic E-state index is 1.29. The van der Waals surface area contributed by atoms with Crippen LogP contribution in [-0.4, -0.2) is 6.54 Å². The van der Waals surface area contributed by atoms with E-state index in [0.29, 0.717) is 0 Å². The Morgan fingerprint density at radius 2 is 2.29 bits per heavy atom. The van der Waals surface area contributed by atoms with Crippen molar-refractivity contribution in [2.45, 2.75) is 19.3 Å². The molecule has 0 amide bonds. The zero-order valence-electron chi connectivity index (χ0n) is 4.56. The van der Waals surface area contributed by atoms with Crippen molar-refractivity contribution in [2.75, 3.05) is 6.54 Å². The van der Waals surface area contributed by atoms with Crippen molar-refractivity contribution < 1.29 is 5.32 Å². The van der Waals surface area contributed by atoms with Crippen LogP contribution in [-0.2, 0) is 0 Å². The molecular weight excluding hydrogens is 86.1 g/mol. The van der Waals surface area contributed by atoms with Gasteiger partial charge in [-0.05, 0) is 25.3 Å². The van der Waals surface area contributed by atoms with Crippen molar-refractivity contribution >= 4 is 0 Å². The van der Waals surface area contributed by atoms with Crippen LogP contribution >= 0.6 is 0 Å². The van der Waals surface area contributed by atoms with Gasteiger partial charge in [-0.1, -0.05) is 0 Å². The molecule has 1 heterocycles. The van der Waals surface area contributed by atoms with Gasteiger partial charge in [0.15, 0.2) is 0 Å².